The average molecular weight is 520 g/mol. The number of morpholine rings is 1. The first kappa shape index (κ1) is 26.7. The highest BCUT2D eigenvalue weighted by atomic mass is 19.4. The lowest BCUT2D eigenvalue weighted by Gasteiger charge is -2.21. The zero-order valence-electron chi connectivity index (χ0n) is 18.4. The summed E-state index contributed by atoms with van der Waals surface area (Å²) in [6.45, 7) is 2.52. The number of hydrogen-bond acceptors (Lipinski definition) is 5. The molecule has 0 spiro atoms. The Kier molecular flexibility index (Phi) is 8.02. The fourth-order valence-corrected chi connectivity index (χ4v) is 3.31. The van der Waals surface area contributed by atoms with Crippen molar-refractivity contribution < 1.29 is 55.2 Å². The lowest BCUT2D eigenvalue weighted by atomic mass is 10.2. The summed E-state index contributed by atoms with van der Waals surface area (Å²) >= 11 is 0. The molecule has 0 atom stereocenters. The van der Waals surface area contributed by atoms with Gasteiger partial charge >= 0.3 is 18.3 Å². The molecular weight excluding hydrogens is 500 g/mol. The monoisotopic (exact) mass is 520 g/mol. The second kappa shape index (κ2) is 10.8. The number of H-pyrrole nitrogens is 2. The van der Waals surface area contributed by atoms with Crippen LogP contribution in [0.1, 0.15) is 21.7 Å². The lowest BCUT2D eigenvalue weighted by molar-refractivity contribution is -0.497. The summed E-state index contributed by atoms with van der Waals surface area (Å²) in [5, 5.41) is 11.5. The minimum Gasteiger partial charge on any atom is -0.542 e. The highest BCUT2D eigenvalue weighted by molar-refractivity contribution is 5.98. The summed E-state index contributed by atoms with van der Waals surface area (Å²) in [5.74, 6) is -2.65. The predicted molar refractivity (Wildman–Crippen MR) is 107 cm³/mol. The van der Waals surface area contributed by atoms with Gasteiger partial charge in [0.2, 0.25) is 5.69 Å². The van der Waals surface area contributed by atoms with E-state index in [-0.39, 0.29) is 12.2 Å². The van der Waals surface area contributed by atoms with Crippen molar-refractivity contribution in [2.45, 2.75) is 18.9 Å². The van der Waals surface area contributed by atoms with Crippen LogP contribution in [-0.4, -0.2) is 49.3 Å². The molecule has 9 nitrogen and oxygen atoms in total. The Morgan fingerprint density at radius 2 is 1.81 bits per heavy atom. The molecule has 0 aromatic carbocycles. The van der Waals surface area contributed by atoms with Gasteiger partial charge in [-0.3, -0.25) is 9.69 Å². The molecule has 1 aliphatic heterocycles. The number of carboxylic acids is 1. The first-order chi connectivity index (χ1) is 16.9. The van der Waals surface area contributed by atoms with E-state index in [4.69, 9.17) is 14.6 Å². The van der Waals surface area contributed by atoms with Crippen LogP contribution in [0.15, 0.2) is 42.7 Å². The summed E-state index contributed by atoms with van der Waals surface area (Å²) in [5.41, 5.74) is 0.514. The molecule has 36 heavy (non-hydrogen) atoms. The molecule has 1 aliphatic rings. The van der Waals surface area contributed by atoms with E-state index in [1.54, 1.807) is 0 Å². The topological polar surface area (TPSA) is 116 Å². The van der Waals surface area contributed by atoms with Crippen LogP contribution in [0, 0.1) is 0 Å². The van der Waals surface area contributed by atoms with Crippen LogP contribution in [0.25, 0.3) is 5.52 Å². The number of amides is 1. The third-order valence-electron chi connectivity index (χ3n) is 4.98. The first-order valence-electron chi connectivity index (χ1n) is 10.4. The molecule has 0 aliphatic carbocycles. The maximum atomic E-state index is 12.9. The number of imidazole rings is 1. The van der Waals surface area contributed by atoms with Crippen LogP contribution in [0.3, 0.4) is 0 Å². The van der Waals surface area contributed by atoms with Gasteiger partial charge in [0.05, 0.1) is 38.1 Å². The maximum absolute atomic E-state index is 12.9. The Bertz CT molecular complexity index is 1220. The van der Waals surface area contributed by atoms with Gasteiger partial charge in [-0.25, -0.2) is 14.4 Å². The number of fused-ring (bicyclic) bond motifs is 1. The molecule has 0 saturated carbocycles. The maximum Gasteiger partial charge on any atom is 0.430 e. The number of aromatic amines is 2. The number of nitrogens with one attached hydrogen (secondary N) is 3. The van der Waals surface area contributed by atoms with Crippen molar-refractivity contribution in [3.05, 3.63) is 59.7 Å². The van der Waals surface area contributed by atoms with E-state index in [1.165, 1.54) is 6.20 Å². The number of ether oxygens (including phenoxy) is 1. The van der Waals surface area contributed by atoms with Gasteiger partial charge in [0.1, 0.15) is 12.5 Å². The molecular formula is C21H20F6N5O4+. The number of carboxylic acid groups (broad SMARTS) is 1. The highest BCUT2D eigenvalue weighted by Crippen LogP contribution is 2.28. The van der Waals surface area contributed by atoms with E-state index in [1.807, 2.05) is 28.8 Å². The van der Waals surface area contributed by atoms with Crippen molar-refractivity contribution in [1.29, 1.82) is 0 Å². The molecule has 194 valence electrons. The number of aliphatic carboxylic acids is 1. The Labute approximate surface area is 199 Å². The van der Waals surface area contributed by atoms with Crippen LogP contribution in [-0.2, 0) is 22.3 Å². The van der Waals surface area contributed by atoms with Gasteiger partial charge in [-0.05, 0) is 12.1 Å². The molecule has 3 aromatic heterocycles. The number of carbonyl (C=O) groups excluding carboxylic acids is 2. The van der Waals surface area contributed by atoms with Crippen molar-refractivity contribution in [1.82, 2.24) is 10.3 Å². The van der Waals surface area contributed by atoms with E-state index in [2.05, 4.69) is 20.2 Å². The van der Waals surface area contributed by atoms with E-state index < -0.39 is 29.8 Å². The fourth-order valence-electron chi connectivity index (χ4n) is 3.31. The minimum atomic E-state index is -5.19. The van der Waals surface area contributed by atoms with Crippen LogP contribution in [0.2, 0.25) is 0 Å². The van der Waals surface area contributed by atoms with Gasteiger partial charge in [0, 0.05) is 12.1 Å². The summed E-state index contributed by atoms with van der Waals surface area (Å²) in [7, 11) is 0. The molecule has 1 saturated heterocycles. The SMILES string of the molecule is O=C(NCc1cc(C(F)(F)F)cc[nH+]1)c1[nH]c(N2CCOCC2)[n+]2ccccc12.O=C([O-])C(F)(F)F. The Hall–Kier alpha value is -3.88. The van der Waals surface area contributed by atoms with E-state index >= 15 is 0 Å². The smallest absolute Gasteiger partial charge is 0.430 e. The van der Waals surface area contributed by atoms with Crippen molar-refractivity contribution in [3.8, 4) is 0 Å². The molecule has 4 heterocycles. The number of nitrogens with zero attached hydrogens (tertiary/aromatic N) is 2. The normalized spacial score (nSPS) is 14.2. The largest absolute Gasteiger partial charge is 0.542 e. The number of anilines is 1. The predicted octanol–water partition coefficient (Wildman–Crippen LogP) is 0.651. The van der Waals surface area contributed by atoms with Crippen LogP contribution in [0.4, 0.5) is 32.3 Å². The van der Waals surface area contributed by atoms with Gasteiger partial charge < -0.3 is 20.0 Å². The number of rotatable bonds is 4. The summed E-state index contributed by atoms with van der Waals surface area (Å²) < 4.78 is 77.4. The molecule has 3 N–H and O–H groups in total. The van der Waals surface area contributed by atoms with Gasteiger partial charge in [0.15, 0.2) is 17.4 Å². The number of aromatic nitrogens is 3. The number of halogens is 6. The molecule has 0 unspecified atom stereocenters. The second-order valence-corrected chi connectivity index (χ2v) is 7.45. The molecule has 1 amide bonds. The van der Waals surface area contributed by atoms with Crippen molar-refractivity contribution >= 4 is 23.3 Å². The number of carbonyl (C=O) groups is 2. The van der Waals surface area contributed by atoms with Crippen LogP contribution >= 0.6 is 0 Å². The van der Waals surface area contributed by atoms with Crippen molar-refractivity contribution in [3.63, 3.8) is 0 Å². The summed E-state index contributed by atoms with van der Waals surface area (Å²) in [6, 6.07) is 7.44. The first-order valence-corrected chi connectivity index (χ1v) is 10.4. The fraction of sp³-hybridized carbons (Fsp3) is 0.333. The van der Waals surface area contributed by atoms with Gasteiger partial charge in [0.25, 0.3) is 5.91 Å². The van der Waals surface area contributed by atoms with Gasteiger partial charge in [-0.2, -0.15) is 26.3 Å². The third-order valence-corrected chi connectivity index (χ3v) is 4.98. The summed E-state index contributed by atoms with van der Waals surface area (Å²) in [4.78, 5) is 29.5. The van der Waals surface area contributed by atoms with Gasteiger partial charge in [-0.1, -0.05) is 6.07 Å². The molecule has 0 radical (unpaired) electrons. The van der Waals surface area contributed by atoms with Crippen molar-refractivity contribution in [2.24, 2.45) is 0 Å². The second-order valence-electron chi connectivity index (χ2n) is 7.45. The third kappa shape index (κ3) is 6.62. The van der Waals surface area contributed by atoms with E-state index in [9.17, 15) is 31.1 Å². The molecule has 15 heteroatoms. The molecule has 1 fully saturated rings. The quantitative estimate of drug-likeness (QED) is 0.387. The van der Waals surface area contributed by atoms with E-state index in [0.29, 0.717) is 37.5 Å². The summed E-state index contributed by atoms with van der Waals surface area (Å²) in [6.07, 6.45) is -6.57. The van der Waals surface area contributed by atoms with Gasteiger partial charge in [-0.15, -0.1) is 0 Å². The average Bonchev–Trinajstić information content (AvgIpc) is 3.22. The lowest BCUT2D eigenvalue weighted by Crippen LogP contribution is -2.41. The standard InChI is InChI=1S/C19H18F3N5O2.C2HF3O2/c20-19(21,22)13-4-5-23-14(11-13)12-24-17(28)16-15-3-1-2-6-27(15)18(25-16)26-7-9-29-10-8-26;3-2(4,5)1(6)7/h1-6,11H,7-10,12H2,(H,24,28);(H,6,7)/p+1. The Balaban J connectivity index is 0.000000454. The number of alkyl halides is 6. The Morgan fingerprint density at radius 1 is 1.14 bits per heavy atom. The molecule has 0 bridgehead atoms. The zero-order valence-corrected chi connectivity index (χ0v) is 18.4. The van der Waals surface area contributed by atoms with Crippen LogP contribution in [0.5, 0.6) is 0 Å². The van der Waals surface area contributed by atoms with E-state index in [0.717, 1.165) is 18.1 Å². The highest BCUT2D eigenvalue weighted by Gasteiger charge is 2.32. The molecule has 3 aromatic rings. The minimum absolute atomic E-state index is 0.0619. The van der Waals surface area contributed by atoms with Crippen molar-refractivity contribution in [2.75, 3.05) is 31.2 Å². The number of pyridine rings is 2. The number of hydrogen-bond donors (Lipinski definition) is 2. The molecule has 4 rings (SSSR count). The Morgan fingerprint density at radius 3 is 2.42 bits per heavy atom. The van der Waals surface area contributed by atoms with Crippen LogP contribution < -0.4 is 24.7 Å². The zero-order chi connectivity index (χ0) is 26.5.